The van der Waals surface area contributed by atoms with Gasteiger partial charge < -0.3 is 10.6 Å². The van der Waals surface area contributed by atoms with Gasteiger partial charge in [0.05, 0.1) is 21.6 Å². The summed E-state index contributed by atoms with van der Waals surface area (Å²) in [6, 6.07) is 6.09. The normalized spacial score (nSPS) is 12.9. The molecule has 0 bridgehead atoms. The van der Waals surface area contributed by atoms with Crippen LogP contribution in [-0.2, 0) is 4.79 Å². The highest BCUT2D eigenvalue weighted by Crippen LogP contribution is 2.23. The van der Waals surface area contributed by atoms with Crippen LogP contribution >= 0.6 is 11.6 Å². The lowest BCUT2D eigenvalue weighted by atomic mass is 10.0. The van der Waals surface area contributed by atoms with E-state index in [0.29, 0.717) is 0 Å². The first-order chi connectivity index (χ1) is 13.2. The number of halogens is 1. The fraction of sp³-hybridized carbons (Fsp3) is 0.316. The Hall–Kier alpha value is -3.00. The van der Waals surface area contributed by atoms with E-state index in [2.05, 4.69) is 15.6 Å². The van der Waals surface area contributed by atoms with Gasteiger partial charge in [-0.05, 0) is 36.6 Å². The van der Waals surface area contributed by atoms with E-state index in [1.165, 1.54) is 12.1 Å². The first-order valence-corrected chi connectivity index (χ1v) is 9.03. The Morgan fingerprint density at radius 1 is 1.11 bits per heavy atom. The van der Waals surface area contributed by atoms with Crippen molar-refractivity contribution < 1.29 is 14.5 Å². The molecule has 0 saturated heterocycles. The molecule has 1 aromatic heterocycles. The van der Waals surface area contributed by atoms with Crippen LogP contribution in [-0.4, -0.2) is 27.8 Å². The quantitative estimate of drug-likeness (QED) is 0.543. The van der Waals surface area contributed by atoms with Crippen molar-refractivity contribution in [3.05, 3.63) is 69.0 Å². The summed E-state index contributed by atoms with van der Waals surface area (Å²) in [5, 5.41) is 16.3. The molecule has 2 unspecified atom stereocenters. The number of nitro benzene ring substituents is 1. The average molecular weight is 405 g/mol. The number of rotatable bonds is 7. The summed E-state index contributed by atoms with van der Waals surface area (Å²) in [6.07, 6.45) is 3.27. The molecule has 0 radical (unpaired) electrons. The van der Waals surface area contributed by atoms with Gasteiger partial charge in [0.25, 0.3) is 11.6 Å². The van der Waals surface area contributed by atoms with E-state index in [4.69, 9.17) is 11.6 Å². The van der Waals surface area contributed by atoms with Crippen LogP contribution in [0.4, 0.5) is 5.69 Å². The van der Waals surface area contributed by atoms with E-state index in [-0.39, 0.29) is 34.1 Å². The van der Waals surface area contributed by atoms with Crippen LogP contribution in [0.15, 0.2) is 42.7 Å². The minimum absolute atomic E-state index is 0.0558. The number of benzene rings is 1. The Morgan fingerprint density at radius 2 is 1.75 bits per heavy atom. The van der Waals surface area contributed by atoms with Gasteiger partial charge in [-0.3, -0.25) is 24.7 Å². The van der Waals surface area contributed by atoms with Gasteiger partial charge in [0, 0.05) is 24.5 Å². The van der Waals surface area contributed by atoms with Gasteiger partial charge in [-0.25, -0.2) is 0 Å². The van der Waals surface area contributed by atoms with Crippen molar-refractivity contribution in [2.45, 2.75) is 32.9 Å². The average Bonchev–Trinajstić information content (AvgIpc) is 2.65. The van der Waals surface area contributed by atoms with Crippen LogP contribution in [0.1, 0.15) is 42.7 Å². The fourth-order valence-corrected chi connectivity index (χ4v) is 2.85. The number of nitro groups is 1. The van der Waals surface area contributed by atoms with Gasteiger partial charge in [0.1, 0.15) is 6.04 Å². The zero-order valence-corrected chi connectivity index (χ0v) is 16.4. The van der Waals surface area contributed by atoms with Crippen molar-refractivity contribution in [1.29, 1.82) is 0 Å². The van der Waals surface area contributed by atoms with Crippen LogP contribution in [0, 0.1) is 16.0 Å². The summed E-state index contributed by atoms with van der Waals surface area (Å²) in [4.78, 5) is 39.4. The smallest absolute Gasteiger partial charge is 0.270 e. The number of carbonyl (C=O) groups excluding carboxylic acids is 2. The Labute approximate surface area is 167 Å². The van der Waals surface area contributed by atoms with Gasteiger partial charge in [-0.1, -0.05) is 25.4 Å². The van der Waals surface area contributed by atoms with E-state index in [1.807, 2.05) is 6.92 Å². The van der Waals surface area contributed by atoms with Gasteiger partial charge in [0.2, 0.25) is 5.91 Å². The van der Waals surface area contributed by atoms with Crippen LogP contribution < -0.4 is 10.6 Å². The highest BCUT2D eigenvalue weighted by molar-refractivity contribution is 6.34. The Kier molecular flexibility index (Phi) is 7.06. The van der Waals surface area contributed by atoms with Gasteiger partial charge >= 0.3 is 0 Å². The third-order valence-electron chi connectivity index (χ3n) is 4.21. The topological polar surface area (TPSA) is 114 Å². The molecule has 148 valence electrons. The second-order valence-electron chi connectivity index (χ2n) is 6.63. The number of hydrogen-bond acceptors (Lipinski definition) is 5. The lowest BCUT2D eigenvalue weighted by Gasteiger charge is -2.24. The molecule has 8 nitrogen and oxygen atoms in total. The van der Waals surface area contributed by atoms with Crippen molar-refractivity contribution in [3.63, 3.8) is 0 Å². The lowest BCUT2D eigenvalue weighted by molar-refractivity contribution is -0.384. The van der Waals surface area contributed by atoms with E-state index >= 15 is 0 Å². The first kappa shape index (κ1) is 21.3. The molecule has 2 amide bonds. The summed E-state index contributed by atoms with van der Waals surface area (Å²) < 4.78 is 0. The number of amides is 2. The van der Waals surface area contributed by atoms with Gasteiger partial charge in [-0.15, -0.1) is 0 Å². The molecule has 2 aromatic rings. The van der Waals surface area contributed by atoms with Crippen LogP contribution in [0.3, 0.4) is 0 Å². The Balaban J connectivity index is 2.12. The molecule has 0 aliphatic carbocycles. The zero-order valence-electron chi connectivity index (χ0n) is 15.7. The van der Waals surface area contributed by atoms with Crippen molar-refractivity contribution in [2.75, 3.05) is 0 Å². The lowest BCUT2D eigenvalue weighted by Crippen LogP contribution is -2.50. The predicted octanol–water partition coefficient (Wildman–Crippen LogP) is 3.28. The zero-order chi connectivity index (χ0) is 20.8. The Morgan fingerprint density at radius 3 is 2.29 bits per heavy atom. The molecule has 1 heterocycles. The number of nitrogens with zero attached hydrogens (tertiary/aromatic N) is 2. The second-order valence-corrected chi connectivity index (χ2v) is 7.03. The molecule has 9 heteroatoms. The highest BCUT2D eigenvalue weighted by Gasteiger charge is 2.27. The van der Waals surface area contributed by atoms with Crippen LogP contribution in [0.2, 0.25) is 5.02 Å². The standard InChI is InChI=1S/C19H21ClN4O4/c1-11(2)17(19(26)22-12(3)13-6-8-21-9-7-13)23-18(25)15-5-4-14(24(27)28)10-16(15)20/h4-12,17H,1-3H3,(H,22,26)(H,23,25). The van der Waals surface area contributed by atoms with Crippen molar-refractivity contribution in [1.82, 2.24) is 15.6 Å². The van der Waals surface area contributed by atoms with Crippen molar-refractivity contribution >= 4 is 29.1 Å². The highest BCUT2D eigenvalue weighted by atomic mass is 35.5. The monoisotopic (exact) mass is 404 g/mol. The second kappa shape index (κ2) is 9.27. The molecule has 28 heavy (non-hydrogen) atoms. The number of pyridine rings is 1. The number of nitrogens with one attached hydrogen (secondary N) is 2. The molecular weight excluding hydrogens is 384 g/mol. The molecule has 2 rings (SSSR count). The summed E-state index contributed by atoms with van der Waals surface area (Å²) in [5.74, 6) is -1.11. The summed E-state index contributed by atoms with van der Waals surface area (Å²) in [5.41, 5.74) is 0.731. The van der Waals surface area contributed by atoms with E-state index in [1.54, 1.807) is 38.4 Å². The maximum Gasteiger partial charge on any atom is 0.270 e. The summed E-state index contributed by atoms with van der Waals surface area (Å²) in [6.45, 7) is 5.44. The molecule has 0 spiro atoms. The number of aromatic nitrogens is 1. The van der Waals surface area contributed by atoms with Gasteiger partial charge in [0.15, 0.2) is 0 Å². The van der Waals surface area contributed by atoms with E-state index in [0.717, 1.165) is 11.6 Å². The first-order valence-electron chi connectivity index (χ1n) is 8.65. The molecule has 0 saturated carbocycles. The number of non-ortho nitro benzene ring substituents is 1. The molecular formula is C19H21ClN4O4. The molecule has 0 aliphatic rings. The fourth-order valence-electron chi connectivity index (χ4n) is 2.59. The van der Waals surface area contributed by atoms with Crippen molar-refractivity contribution in [3.8, 4) is 0 Å². The number of carbonyl (C=O) groups is 2. The van der Waals surface area contributed by atoms with Crippen LogP contribution in [0.5, 0.6) is 0 Å². The maximum atomic E-state index is 12.7. The SMILES string of the molecule is CC(NC(=O)C(NC(=O)c1ccc([N+](=O)[O-])cc1Cl)C(C)C)c1ccncc1. The van der Waals surface area contributed by atoms with Gasteiger partial charge in [-0.2, -0.15) is 0 Å². The summed E-state index contributed by atoms with van der Waals surface area (Å²) in [7, 11) is 0. The minimum atomic E-state index is -0.803. The predicted molar refractivity (Wildman–Crippen MR) is 105 cm³/mol. The van der Waals surface area contributed by atoms with Crippen LogP contribution in [0.25, 0.3) is 0 Å². The largest absolute Gasteiger partial charge is 0.348 e. The van der Waals surface area contributed by atoms with E-state index in [9.17, 15) is 19.7 Å². The Bertz CT molecular complexity index is 873. The minimum Gasteiger partial charge on any atom is -0.348 e. The summed E-state index contributed by atoms with van der Waals surface area (Å²) >= 11 is 6.00. The molecule has 0 fully saturated rings. The molecule has 1 aromatic carbocycles. The third kappa shape index (κ3) is 5.26. The van der Waals surface area contributed by atoms with E-state index < -0.39 is 16.9 Å². The molecule has 0 aliphatic heterocycles. The number of hydrogen-bond donors (Lipinski definition) is 2. The molecule has 2 N–H and O–H groups in total. The van der Waals surface area contributed by atoms with Crippen molar-refractivity contribution in [2.24, 2.45) is 5.92 Å². The third-order valence-corrected chi connectivity index (χ3v) is 4.52. The molecule has 2 atom stereocenters. The maximum absolute atomic E-state index is 12.7.